The molecule has 94 valence electrons. The molecule has 0 bridgehead atoms. The number of ether oxygens (including phenoxy) is 1. The minimum absolute atomic E-state index is 0.785. The van der Waals surface area contributed by atoms with Crippen LogP contribution in [0.5, 0.6) is 5.75 Å². The summed E-state index contributed by atoms with van der Waals surface area (Å²) in [6.07, 6.45) is 1.59. The summed E-state index contributed by atoms with van der Waals surface area (Å²) in [5.74, 6) is 1.80. The molecule has 1 heterocycles. The third-order valence-electron chi connectivity index (χ3n) is 2.73. The van der Waals surface area contributed by atoms with E-state index < -0.39 is 0 Å². The summed E-state index contributed by atoms with van der Waals surface area (Å²) < 4.78 is 5.22. The summed E-state index contributed by atoms with van der Waals surface area (Å²) in [4.78, 5) is 10.4. The van der Waals surface area contributed by atoms with Gasteiger partial charge < -0.3 is 9.64 Å². The summed E-state index contributed by atoms with van der Waals surface area (Å²) in [6.45, 7) is 2.75. The van der Waals surface area contributed by atoms with E-state index in [1.165, 1.54) is 5.56 Å². The Kier molecular flexibility index (Phi) is 3.77. The second kappa shape index (κ2) is 5.49. The first-order valence-corrected chi connectivity index (χ1v) is 5.82. The molecule has 0 spiro atoms. The topological polar surface area (TPSA) is 38.2 Å². The van der Waals surface area contributed by atoms with E-state index in [0.717, 1.165) is 23.8 Å². The molecule has 2 aromatic rings. The van der Waals surface area contributed by atoms with Gasteiger partial charge in [-0.25, -0.2) is 9.97 Å². The molecule has 1 aromatic carbocycles. The molecule has 2 rings (SSSR count). The summed E-state index contributed by atoms with van der Waals surface area (Å²) in [5, 5.41) is 0. The van der Waals surface area contributed by atoms with Crippen LogP contribution in [0, 0.1) is 6.92 Å². The number of nitrogens with zero attached hydrogens (tertiary/aromatic N) is 3. The largest absolute Gasteiger partial charge is 0.497 e. The third kappa shape index (κ3) is 2.97. The van der Waals surface area contributed by atoms with Gasteiger partial charge >= 0.3 is 0 Å². The van der Waals surface area contributed by atoms with Gasteiger partial charge in [-0.05, 0) is 24.6 Å². The Morgan fingerprint density at radius 2 is 2.06 bits per heavy atom. The van der Waals surface area contributed by atoms with Crippen molar-refractivity contribution in [1.29, 1.82) is 0 Å². The highest BCUT2D eigenvalue weighted by molar-refractivity contribution is 5.39. The zero-order valence-corrected chi connectivity index (χ0v) is 10.9. The van der Waals surface area contributed by atoms with Crippen molar-refractivity contribution in [3.8, 4) is 5.75 Å². The van der Waals surface area contributed by atoms with Gasteiger partial charge in [0.1, 0.15) is 17.9 Å². The Bertz CT molecular complexity index is 528. The highest BCUT2D eigenvalue weighted by Gasteiger charge is 2.04. The second-order valence-electron chi connectivity index (χ2n) is 4.23. The normalized spacial score (nSPS) is 10.2. The van der Waals surface area contributed by atoms with Crippen LogP contribution < -0.4 is 9.64 Å². The Hall–Kier alpha value is -2.10. The minimum Gasteiger partial charge on any atom is -0.497 e. The fourth-order valence-corrected chi connectivity index (χ4v) is 1.77. The summed E-state index contributed by atoms with van der Waals surface area (Å²) in [6, 6.07) is 10.0. The van der Waals surface area contributed by atoms with Crippen LogP contribution in [0.15, 0.2) is 36.7 Å². The molecule has 0 aliphatic rings. The average Bonchev–Trinajstić information content (AvgIpc) is 2.39. The van der Waals surface area contributed by atoms with Crippen LogP contribution >= 0.6 is 0 Å². The molecular weight excluding hydrogens is 226 g/mol. The molecular formula is C14H17N3O. The number of anilines is 1. The van der Waals surface area contributed by atoms with Crippen LogP contribution in [0.3, 0.4) is 0 Å². The summed E-state index contributed by atoms with van der Waals surface area (Å²) >= 11 is 0. The Morgan fingerprint density at radius 1 is 1.22 bits per heavy atom. The van der Waals surface area contributed by atoms with Gasteiger partial charge in [-0.3, -0.25) is 0 Å². The molecule has 0 N–H and O–H groups in total. The molecule has 0 saturated carbocycles. The predicted octanol–water partition coefficient (Wildman–Crippen LogP) is 2.43. The van der Waals surface area contributed by atoms with Crippen LogP contribution in [-0.2, 0) is 6.54 Å². The van der Waals surface area contributed by atoms with Crippen LogP contribution in [0.2, 0.25) is 0 Å². The number of methoxy groups -OCH3 is 1. The standard InChI is InChI=1S/C14H17N3O/c1-11-7-14(16-10-15-11)17(2)9-12-5-4-6-13(8-12)18-3/h4-8,10H,9H2,1-3H3. The number of rotatable bonds is 4. The SMILES string of the molecule is COc1cccc(CN(C)c2cc(C)ncn2)c1. The third-order valence-corrected chi connectivity index (χ3v) is 2.73. The number of hydrogen-bond acceptors (Lipinski definition) is 4. The molecule has 4 heteroatoms. The molecule has 0 unspecified atom stereocenters. The van der Waals surface area contributed by atoms with Crippen molar-refractivity contribution < 1.29 is 4.74 Å². The molecule has 0 amide bonds. The van der Waals surface area contributed by atoms with Gasteiger partial charge in [0.05, 0.1) is 7.11 Å². The van der Waals surface area contributed by atoms with E-state index in [9.17, 15) is 0 Å². The molecule has 18 heavy (non-hydrogen) atoms. The molecule has 4 nitrogen and oxygen atoms in total. The van der Waals surface area contributed by atoms with Crippen molar-refractivity contribution in [3.63, 3.8) is 0 Å². The Morgan fingerprint density at radius 3 is 2.78 bits per heavy atom. The van der Waals surface area contributed by atoms with Crippen molar-refractivity contribution in [3.05, 3.63) is 47.9 Å². The average molecular weight is 243 g/mol. The van der Waals surface area contributed by atoms with Crippen molar-refractivity contribution in [2.45, 2.75) is 13.5 Å². The minimum atomic E-state index is 0.785. The molecule has 0 fully saturated rings. The van der Waals surface area contributed by atoms with Gasteiger partial charge in [-0.1, -0.05) is 12.1 Å². The van der Waals surface area contributed by atoms with Gasteiger partial charge in [-0.15, -0.1) is 0 Å². The maximum absolute atomic E-state index is 5.22. The number of hydrogen-bond donors (Lipinski definition) is 0. The van der Waals surface area contributed by atoms with Crippen LogP contribution in [-0.4, -0.2) is 24.1 Å². The molecule has 0 aliphatic heterocycles. The van der Waals surface area contributed by atoms with Crippen LogP contribution in [0.25, 0.3) is 0 Å². The van der Waals surface area contributed by atoms with Crippen molar-refractivity contribution in [2.75, 3.05) is 19.1 Å². The Labute approximate surface area is 107 Å². The highest BCUT2D eigenvalue weighted by atomic mass is 16.5. The van der Waals surface area contributed by atoms with Gasteiger partial charge in [0.25, 0.3) is 0 Å². The first-order valence-electron chi connectivity index (χ1n) is 5.82. The zero-order chi connectivity index (χ0) is 13.0. The molecule has 0 saturated heterocycles. The lowest BCUT2D eigenvalue weighted by Crippen LogP contribution is -2.17. The lowest BCUT2D eigenvalue weighted by Gasteiger charge is -2.18. The van der Waals surface area contributed by atoms with E-state index in [1.54, 1.807) is 13.4 Å². The monoisotopic (exact) mass is 243 g/mol. The number of aryl methyl sites for hydroxylation is 1. The van der Waals surface area contributed by atoms with E-state index in [-0.39, 0.29) is 0 Å². The van der Waals surface area contributed by atoms with Gasteiger partial charge in [-0.2, -0.15) is 0 Å². The maximum Gasteiger partial charge on any atom is 0.132 e. The second-order valence-corrected chi connectivity index (χ2v) is 4.23. The molecule has 0 radical (unpaired) electrons. The Balaban J connectivity index is 2.13. The smallest absolute Gasteiger partial charge is 0.132 e. The van der Waals surface area contributed by atoms with Gasteiger partial charge in [0, 0.05) is 25.4 Å². The number of aromatic nitrogens is 2. The fourth-order valence-electron chi connectivity index (χ4n) is 1.77. The van der Waals surface area contributed by atoms with Crippen LogP contribution in [0.1, 0.15) is 11.3 Å². The zero-order valence-electron chi connectivity index (χ0n) is 10.9. The lowest BCUT2D eigenvalue weighted by molar-refractivity contribution is 0.414. The summed E-state index contributed by atoms with van der Waals surface area (Å²) in [7, 11) is 3.69. The molecule has 0 aliphatic carbocycles. The lowest BCUT2D eigenvalue weighted by atomic mass is 10.2. The summed E-state index contributed by atoms with van der Waals surface area (Å²) in [5.41, 5.74) is 2.16. The van der Waals surface area contributed by atoms with Gasteiger partial charge in [0.15, 0.2) is 0 Å². The van der Waals surface area contributed by atoms with Crippen molar-refractivity contribution in [1.82, 2.24) is 9.97 Å². The molecule has 1 aromatic heterocycles. The van der Waals surface area contributed by atoms with E-state index in [4.69, 9.17) is 4.74 Å². The van der Waals surface area contributed by atoms with E-state index in [2.05, 4.69) is 20.9 Å². The maximum atomic E-state index is 5.22. The van der Waals surface area contributed by atoms with E-state index in [1.807, 2.05) is 38.2 Å². The first kappa shape index (κ1) is 12.4. The van der Waals surface area contributed by atoms with E-state index in [0.29, 0.717) is 0 Å². The van der Waals surface area contributed by atoms with Crippen LogP contribution in [0.4, 0.5) is 5.82 Å². The first-order chi connectivity index (χ1) is 8.69. The quantitative estimate of drug-likeness (QED) is 0.826. The van der Waals surface area contributed by atoms with Crippen molar-refractivity contribution in [2.24, 2.45) is 0 Å². The number of benzene rings is 1. The predicted molar refractivity (Wildman–Crippen MR) is 71.9 cm³/mol. The molecule has 0 atom stereocenters. The fraction of sp³-hybridized carbons (Fsp3) is 0.286. The van der Waals surface area contributed by atoms with E-state index >= 15 is 0 Å². The van der Waals surface area contributed by atoms with Gasteiger partial charge in [0.2, 0.25) is 0 Å². The van der Waals surface area contributed by atoms with Crippen molar-refractivity contribution >= 4 is 5.82 Å². The highest BCUT2D eigenvalue weighted by Crippen LogP contribution is 2.16.